The summed E-state index contributed by atoms with van der Waals surface area (Å²) in [6.07, 6.45) is 4.64. The van der Waals surface area contributed by atoms with Gasteiger partial charge in [0.15, 0.2) is 0 Å². The number of pyridine rings is 1. The molecule has 0 N–H and O–H groups in total. The number of hydrogen-bond donors (Lipinski definition) is 0. The third kappa shape index (κ3) is 6.11. The van der Waals surface area contributed by atoms with E-state index in [1.54, 1.807) is 6.20 Å². The van der Waals surface area contributed by atoms with Crippen molar-refractivity contribution in [1.82, 2.24) is 9.88 Å². The minimum absolute atomic E-state index is 0.0852. The number of carbonyl (C=O) groups is 1. The lowest BCUT2D eigenvalue weighted by molar-refractivity contribution is -0.00999. The molecule has 1 fully saturated rings. The van der Waals surface area contributed by atoms with E-state index in [0.717, 1.165) is 36.0 Å². The predicted molar refractivity (Wildman–Crippen MR) is 92.2 cm³/mol. The lowest BCUT2D eigenvalue weighted by Crippen LogP contribution is -2.48. The molecule has 1 atom stereocenters. The van der Waals surface area contributed by atoms with Crippen LogP contribution in [0.4, 0.5) is 4.79 Å². The van der Waals surface area contributed by atoms with Crippen LogP contribution in [0.2, 0.25) is 0 Å². The van der Waals surface area contributed by atoms with Gasteiger partial charge in [-0.1, -0.05) is 6.07 Å². The Morgan fingerprint density at radius 3 is 2.83 bits per heavy atom. The van der Waals surface area contributed by atoms with Gasteiger partial charge in [-0.15, -0.1) is 0 Å². The minimum atomic E-state index is -0.469. The van der Waals surface area contributed by atoms with Crippen LogP contribution in [-0.2, 0) is 16.1 Å². The molecule has 0 aromatic carbocycles. The normalized spacial score (nSPS) is 18.8. The Labute approximate surface area is 146 Å². The number of aromatic nitrogens is 1. The Hall–Kier alpha value is -1.14. The highest BCUT2D eigenvalue weighted by Crippen LogP contribution is 2.21. The number of hydrogen-bond acceptors (Lipinski definition) is 4. The number of likely N-dealkylation sites (tertiary alicyclic amines) is 1. The second-order valence-corrected chi connectivity index (χ2v) is 7.64. The zero-order chi connectivity index (χ0) is 16.9. The Morgan fingerprint density at radius 1 is 1.39 bits per heavy atom. The highest BCUT2D eigenvalue weighted by molar-refractivity contribution is 9.10. The summed E-state index contributed by atoms with van der Waals surface area (Å²) in [4.78, 5) is 18.3. The van der Waals surface area contributed by atoms with Crippen molar-refractivity contribution in [3.8, 4) is 0 Å². The number of halogens is 1. The maximum Gasteiger partial charge on any atom is 0.410 e. The van der Waals surface area contributed by atoms with Crippen molar-refractivity contribution >= 4 is 22.0 Å². The first kappa shape index (κ1) is 18.2. The van der Waals surface area contributed by atoms with Crippen LogP contribution in [0.25, 0.3) is 0 Å². The van der Waals surface area contributed by atoms with E-state index in [1.165, 1.54) is 0 Å². The van der Waals surface area contributed by atoms with Crippen molar-refractivity contribution in [2.75, 3.05) is 13.2 Å². The van der Waals surface area contributed by atoms with Crippen LogP contribution in [-0.4, -0.2) is 40.8 Å². The second-order valence-electron chi connectivity index (χ2n) is 6.83. The van der Waals surface area contributed by atoms with Crippen molar-refractivity contribution in [3.63, 3.8) is 0 Å². The summed E-state index contributed by atoms with van der Waals surface area (Å²) in [5.74, 6) is 0. The molecule has 2 rings (SSSR count). The zero-order valence-corrected chi connectivity index (χ0v) is 15.6. The molecule has 1 aromatic heterocycles. The number of nitrogens with zero attached hydrogens (tertiary/aromatic N) is 2. The number of rotatable bonds is 4. The topological polar surface area (TPSA) is 51.7 Å². The summed E-state index contributed by atoms with van der Waals surface area (Å²) in [5.41, 5.74) is 0.552. The van der Waals surface area contributed by atoms with Crippen LogP contribution in [0, 0.1) is 0 Å². The smallest absolute Gasteiger partial charge is 0.410 e. The van der Waals surface area contributed by atoms with E-state index >= 15 is 0 Å². The Kier molecular flexibility index (Phi) is 6.41. The average molecular weight is 385 g/mol. The third-order valence-electron chi connectivity index (χ3n) is 3.62. The van der Waals surface area contributed by atoms with Gasteiger partial charge in [-0.25, -0.2) is 9.78 Å². The largest absolute Gasteiger partial charge is 0.444 e. The van der Waals surface area contributed by atoms with E-state index in [4.69, 9.17) is 9.47 Å². The lowest BCUT2D eigenvalue weighted by atomic mass is 10.0. The van der Waals surface area contributed by atoms with E-state index in [1.807, 2.05) is 37.8 Å². The molecule has 128 valence electrons. The average Bonchev–Trinajstić information content (AvgIpc) is 2.48. The van der Waals surface area contributed by atoms with Gasteiger partial charge in [0, 0.05) is 12.7 Å². The SMILES string of the molecule is CC(C)(C)OC(=O)N1CCCC[C@H]1COCc1ccc(Br)nc1. The van der Waals surface area contributed by atoms with E-state index < -0.39 is 5.60 Å². The van der Waals surface area contributed by atoms with Crippen molar-refractivity contribution in [1.29, 1.82) is 0 Å². The van der Waals surface area contributed by atoms with E-state index in [0.29, 0.717) is 13.2 Å². The molecule has 0 aliphatic carbocycles. The first-order valence-corrected chi connectivity index (χ1v) is 8.82. The molecule has 1 amide bonds. The van der Waals surface area contributed by atoms with Gasteiger partial charge < -0.3 is 14.4 Å². The standard InChI is InChI=1S/C17H25BrN2O3/c1-17(2,3)23-16(21)20-9-5-4-6-14(20)12-22-11-13-7-8-15(18)19-10-13/h7-8,10,14H,4-6,9,11-12H2,1-3H3/t14-/m0/s1. The predicted octanol–water partition coefficient (Wildman–Crippen LogP) is 4.15. The molecule has 1 aliphatic heterocycles. The molecule has 0 spiro atoms. The van der Waals surface area contributed by atoms with Crippen molar-refractivity contribution < 1.29 is 14.3 Å². The van der Waals surface area contributed by atoms with Crippen LogP contribution in [0.3, 0.4) is 0 Å². The summed E-state index contributed by atoms with van der Waals surface area (Å²) < 4.78 is 12.1. The van der Waals surface area contributed by atoms with Gasteiger partial charge in [0.1, 0.15) is 10.2 Å². The molecule has 1 saturated heterocycles. The van der Waals surface area contributed by atoms with E-state index in [-0.39, 0.29) is 12.1 Å². The summed E-state index contributed by atoms with van der Waals surface area (Å²) >= 11 is 3.31. The molecule has 23 heavy (non-hydrogen) atoms. The highest BCUT2D eigenvalue weighted by atomic mass is 79.9. The first-order valence-electron chi connectivity index (χ1n) is 8.03. The molecule has 0 unspecified atom stereocenters. The fourth-order valence-corrected chi connectivity index (χ4v) is 2.77. The van der Waals surface area contributed by atoms with Gasteiger partial charge in [0.25, 0.3) is 0 Å². The van der Waals surface area contributed by atoms with Crippen molar-refractivity contribution in [2.45, 2.75) is 58.3 Å². The lowest BCUT2D eigenvalue weighted by Gasteiger charge is -2.36. The summed E-state index contributed by atoms with van der Waals surface area (Å²) in [5, 5.41) is 0. The van der Waals surface area contributed by atoms with Gasteiger partial charge in [0.05, 0.1) is 19.3 Å². The fourth-order valence-electron chi connectivity index (χ4n) is 2.54. The number of amides is 1. The highest BCUT2D eigenvalue weighted by Gasteiger charge is 2.30. The molecule has 0 radical (unpaired) electrons. The molecule has 5 nitrogen and oxygen atoms in total. The van der Waals surface area contributed by atoms with Gasteiger partial charge >= 0.3 is 6.09 Å². The van der Waals surface area contributed by atoms with Crippen LogP contribution in [0.15, 0.2) is 22.9 Å². The number of carbonyl (C=O) groups excluding carboxylic acids is 1. The molecule has 1 aliphatic rings. The van der Waals surface area contributed by atoms with Crippen LogP contribution in [0.5, 0.6) is 0 Å². The molecular formula is C17H25BrN2O3. The third-order valence-corrected chi connectivity index (χ3v) is 4.09. The monoisotopic (exact) mass is 384 g/mol. The maximum atomic E-state index is 12.3. The number of ether oxygens (including phenoxy) is 2. The van der Waals surface area contributed by atoms with Gasteiger partial charge in [-0.05, 0) is 67.6 Å². The molecule has 6 heteroatoms. The van der Waals surface area contributed by atoms with Gasteiger partial charge in [-0.2, -0.15) is 0 Å². The van der Waals surface area contributed by atoms with Crippen LogP contribution >= 0.6 is 15.9 Å². The fraction of sp³-hybridized carbons (Fsp3) is 0.647. The molecule has 0 saturated carbocycles. The Morgan fingerprint density at radius 2 is 2.17 bits per heavy atom. The van der Waals surface area contributed by atoms with Crippen molar-refractivity contribution in [3.05, 3.63) is 28.5 Å². The minimum Gasteiger partial charge on any atom is -0.444 e. The second kappa shape index (κ2) is 8.11. The van der Waals surface area contributed by atoms with Gasteiger partial charge in [-0.3, -0.25) is 0 Å². The molecule has 2 heterocycles. The van der Waals surface area contributed by atoms with E-state index in [2.05, 4.69) is 20.9 Å². The Balaban J connectivity index is 1.86. The first-order chi connectivity index (χ1) is 10.8. The van der Waals surface area contributed by atoms with Crippen molar-refractivity contribution in [2.24, 2.45) is 0 Å². The molecule has 0 bridgehead atoms. The summed E-state index contributed by atoms with van der Waals surface area (Å²) in [6.45, 7) is 7.43. The molecule has 1 aromatic rings. The Bertz CT molecular complexity index is 514. The van der Waals surface area contributed by atoms with Gasteiger partial charge in [0.2, 0.25) is 0 Å². The van der Waals surface area contributed by atoms with Crippen LogP contribution in [0.1, 0.15) is 45.6 Å². The number of piperidine rings is 1. The zero-order valence-electron chi connectivity index (χ0n) is 14.0. The molecular weight excluding hydrogens is 360 g/mol. The van der Waals surface area contributed by atoms with E-state index in [9.17, 15) is 4.79 Å². The summed E-state index contributed by atoms with van der Waals surface area (Å²) in [6, 6.07) is 3.96. The maximum absolute atomic E-state index is 12.3. The quantitative estimate of drug-likeness (QED) is 0.731. The van der Waals surface area contributed by atoms with Crippen LogP contribution < -0.4 is 0 Å². The summed E-state index contributed by atoms with van der Waals surface area (Å²) in [7, 11) is 0.